The van der Waals surface area contributed by atoms with E-state index >= 15 is 0 Å². The third-order valence-corrected chi connectivity index (χ3v) is 5.10. The number of aliphatic hydroxyl groups is 1. The van der Waals surface area contributed by atoms with E-state index in [9.17, 15) is 13.5 Å². The van der Waals surface area contributed by atoms with Gasteiger partial charge in [0.1, 0.15) is 0 Å². The zero-order valence-electron chi connectivity index (χ0n) is 11.1. The molecular weight excluding hydrogens is 266 g/mol. The minimum atomic E-state index is -3.47. The number of anilines is 2. The van der Waals surface area contributed by atoms with E-state index in [-0.39, 0.29) is 11.0 Å². The van der Waals surface area contributed by atoms with Crippen LogP contribution in [-0.2, 0) is 10.0 Å². The molecule has 2 rings (SSSR count). The molecule has 1 aliphatic heterocycles. The molecule has 106 valence electrons. The van der Waals surface area contributed by atoms with Crippen molar-refractivity contribution in [1.29, 1.82) is 0 Å². The Morgan fingerprint density at radius 2 is 2.11 bits per heavy atom. The quantitative estimate of drug-likeness (QED) is 0.769. The predicted molar refractivity (Wildman–Crippen MR) is 74.6 cm³/mol. The molecule has 1 fully saturated rings. The molecule has 0 aliphatic carbocycles. The number of sulfonamides is 1. The standard InChI is InChI=1S/C12H19N3O3S/c1-14(2)19(17,18)10-3-4-11(13)12(7-10)15-6-5-9(16)8-15/h3-4,7,9,16H,5-6,8,13H2,1-2H3. The first-order valence-corrected chi connectivity index (χ1v) is 7.51. The van der Waals surface area contributed by atoms with E-state index in [2.05, 4.69) is 0 Å². The van der Waals surface area contributed by atoms with Crippen LogP contribution >= 0.6 is 0 Å². The van der Waals surface area contributed by atoms with Crippen molar-refractivity contribution < 1.29 is 13.5 Å². The van der Waals surface area contributed by atoms with Gasteiger partial charge in [0.25, 0.3) is 0 Å². The molecule has 0 radical (unpaired) electrons. The lowest BCUT2D eigenvalue weighted by molar-refractivity contribution is 0.198. The fraction of sp³-hybridized carbons (Fsp3) is 0.500. The number of rotatable bonds is 3. The number of nitrogens with zero attached hydrogens (tertiary/aromatic N) is 2. The highest BCUT2D eigenvalue weighted by atomic mass is 32.2. The lowest BCUT2D eigenvalue weighted by Crippen LogP contribution is -2.25. The Bertz CT molecular complexity index is 572. The summed E-state index contributed by atoms with van der Waals surface area (Å²) in [5.41, 5.74) is 7.09. The van der Waals surface area contributed by atoms with Gasteiger partial charge in [-0.1, -0.05) is 0 Å². The molecular formula is C12H19N3O3S. The second kappa shape index (κ2) is 4.99. The van der Waals surface area contributed by atoms with Gasteiger partial charge in [0.05, 0.1) is 22.4 Å². The maximum atomic E-state index is 12.1. The highest BCUT2D eigenvalue weighted by Gasteiger charge is 2.24. The minimum Gasteiger partial charge on any atom is -0.397 e. The SMILES string of the molecule is CN(C)S(=O)(=O)c1ccc(N)c(N2CCC(O)C2)c1. The topological polar surface area (TPSA) is 86.9 Å². The van der Waals surface area contributed by atoms with Gasteiger partial charge in [0.2, 0.25) is 10.0 Å². The van der Waals surface area contributed by atoms with Gasteiger partial charge < -0.3 is 15.7 Å². The average molecular weight is 285 g/mol. The van der Waals surface area contributed by atoms with Crippen molar-refractivity contribution in [3.05, 3.63) is 18.2 Å². The Hall–Kier alpha value is -1.31. The molecule has 3 N–H and O–H groups in total. The number of nitrogen functional groups attached to an aromatic ring is 1. The van der Waals surface area contributed by atoms with Gasteiger partial charge in [-0.15, -0.1) is 0 Å². The molecule has 0 amide bonds. The van der Waals surface area contributed by atoms with Crippen LogP contribution in [0.2, 0.25) is 0 Å². The molecule has 1 aromatic carbocycles. The van der Waals surface area contributed by atoms with Crippen molar-refractivity contribution in [2.45, 2.75) is 17.4 Å². The van der Waals surface area contributed by atoms with Crippen LogP contribution in [0.5, 0.6) is 0 Å². The van der Waals surface area contributed by atoms with E-state index in [1.165, 1.54) is 24.5 Å². The molecule has 0 bridgehead atoms. The monoisotopic (exact) mass is 285 g/mol. The molecule has 1 aromatic rings. The summed E-state index contributed by atoms with van der Waals surface area (Å²) in [6, 6.07) is 4.67. The Labute approximate surface area is 113 Å². The number of nitrogens with two attached hydrogens (primary N) is 1. The number of aliphatic hydroxyl groups excluding tert-OH is 1. The van der Waals surface area contributed by atoms with Crippen molar-refractivity contribution in [1.82, 2.24) is 4.31 Å². The van der Waals surface area contributed by atoms with Gasteiger partial charge in [0, 0.05) is 27.2 Å². The summed E-state index contributed by atoms with van der Waals surface area (Å²) < 4.78 is 25.4. The zero-order chi connectivity index (χ0) is 14.2. The third-order valence-electron chi connectivity index (χ3n) is 3.28. The number of hydrogen-bond acceptors (Lipinski definition) is 5. The normalized spacial score (nSPS) is 20.2. The lowest BCUT2D eigenvalue weighted by Gasteiger charge is -2.21. The Balaban J connectivity index is 2.41. The van der Waals surface area contributed by atoms with E-state index in [1.54, 1.807) is 12.1 Å². The van der Waals surface area contributed by atoms with Crippen LogP contribution in [0, 0.1) is 0 Å². The lowest BCUT2D eigenvalue weighted by atomic mass is 10.2. The van der Waals surface area contributed by atoms with Crippen molar-refractivity contribution in [3.8, 4) is 0 Å². The third kappa shape index (κ3) is 2.68. The van der Waals surface area contributed by atoms with Crippen molar-refractivity contribution in [3.63, 3.8) is 0 Å². The molecule has 0 spiro atoms. The second-order valence-electron chi connectivity index (χ2n) is 4.90. The molecule has 0 saturated carbocycles. The first kappa shape index (κ1) is 14.1. The smallest absolute Gasteiger partial charge is 0.242 e. The van der Waals surface area contributed by atoms with E-state index in [1.807, 2.05) is 4.90 Å². The molecule has 1 atom stereocenters. The van der Waals surface area contributed by atoms with E-state index in [0.717, 1.165) is 0 Å². The average Bonchev–Trinajstić information content (AvgIpc) is 2.75. The van der Waals surface area contributed by atoms with Crippen LogP contribution in [0.25, 0.3) is 0 Å². The minimum absolute atomic E-state index is 0.211. The first-order chi connectivity index (χ1) is 8.82. The second-order valence-corrected chi connectivity index (χ2v) is 7.05. The molecule has 7 heteroatoms. The van der Waals surface area contributed by atoms with E-state index in [0.29, 0.717) is 30.9 Å². The first-order valence-electron chi connectivity index (χ1n) is 6.07. The van der Waals surface area contributed by atoms with Crippen LogP contribution in [0.3, 0.4) is 0 Å². The van der Waals surface area contributed by atoms with Crippen LogP contribution < -0.4 is 10.6 Å². The van der Waals surface area contributed by atoms with Crippen LogP contribution in [0.15, 0.2) is 23.1 Å². The fourth-order valence-electron chi connectivity index (χ4n) is 2.13. The molecule has 1 saturated heterocycles. The summed E-state index contributed by atoms with van der Waals surface area (Å²) >= 11 is 0. The molecule has 1 heterocycles. The fourth-order valence-corrected chi connectivity index (χ4v) is 3.05. The summed E-state index contributed by atoms with van der Waals surface area (Å²) in [7, 11) is -0.489. The molecule has 1 unspecified atom stereocenters. The summed E-state index contributed by atoms with van der Waals surface area (Å²) in [5.74, 6) is 0. The van der Waals surface area contributed by atoms with Crippen LogP contribution in [0.1, 0.15) is 6.42 Å². The largest absolute Gasteiger partial charge is 0.397 e. The van der Waals surface area contributed by atoms with Gasteiger partial charge >= 0.3 is 0 Å². The van der Waals surface area contributed by atoms with Gasteiger partial charge in [0.15, 0.2) is 0 Å². The van der Waals surface area contributed by atoms with Gasteiger partial charge in [-0.3, -0.25) is 0 Å². The van der Waals surface area contributed by atoms with Gasteiger partial charge in [-0.2, -0.15) is 0 Å². The Morgan fingerprint density at radius 1 is 1.42 bits per heavy atom. The van der Waals surface area contributed by atoms with Crippen LogP contribution in [0.4, 0.5) is 11.4 Å². The predicted octanol–water partition coefficient (Wildman–Crippen LogP) is 0.0901. The summed E-state index contributed by atoms with van der Waals surface area (Å²) in [4.78, 5) is 2.12. The molecule has 19 heavy (non-hydrogen) atoms. The molecule has 1 aliphatic rings. The summed E-state index contributed by atoms with van der Waals surface area (Å²) in [6.45, 7) is 1.16. The highest BCUT2D eigenvalue weighted by Crippen LogP contribution is 2.30. The summed E-state index contributed by atoms with van der Waals surface area (Å²) in [6.07, 6.45) is 0.290. The van der Waals surface area contributed by atoms with E-state index < -0.39 is 10.0 Å². The molecule has 6 nitrogen and oxygen atoms in total. The zero-order valence-corrected chi connectivity index (χ0v) is 11.9. The summed E-state index contributed by atoms with van der Waals surface area (Å²) in [5, 5.41) is 9.56. The van der Waals surface area contributed by atoms with Crippen molar-refractivity contribution >= 4 is 21.4 Å². The van der Waals surface area contributed by atoms with Crippen molar-refractivity contribution in [2.75, 3.05) is 37.8 Å². The maximum Gasteiger partial charge on any atom is 0.242 e. The number of hydrogen-bond donors (Lipinski definition) is 2. The highest BCUT2D eigenvalue weighted by molar-refractivity contribution is 7.89. The van der Waals surface area contributed by atoms with Gasteiger partial charge in [-0.05, 0) is 24.6 Å². The Morgan fingerprint density at radius 3 is 2.63 bits per heavy atom. The maximum absolute atomic E-state index is 12.1. The van der Waals surface area contributed by atoms with E-state index in [4.69, 9.17) is 5.73 Å². The number of benzene rings is 1. The van der Waals surface area contributed by atoms with Crippen LogP contribution in [-0.4, -0.2) is 51.1 Å². The Kier molecular flexibility index (Phi) is 3.71. The number of β-amino-alcohol motifs (C(OH)–C–C–N with tert-alkyl or cyclic N) is 1. The molecule has 0 aromatic heterocycles. The van der Waals surface area contributed by atoms with Crippen molar-refractivity contribution in [2.24, 2.45) is 0 Å². The van der Waals surface area contributed by atoms with Gasteiger partial charge in [-0.25, -0.2) is 12.7 Å².